The number of hydrogen-bond donors (Lipinski definition) is 1. The van der Waals surface area contributed by atoms with E-state index < -0.39 is 0 Å². The summed E-state index contributed by atoms with van der Waals surface area (Å²) in [5.74, 6) is 2.47. The van der Waals surface area contributed by atoms with E-state index in [1.165, 1.54) is 11.1 Å². The second-order valence-corrected chi connectivity index (χ2v) is 9.98. The molecule has 4 rings (SSSR count). The first-order chi connectivity index (χ1) is 16.4. The second-order valence-electron chi connectivity index (χ2n) is 9.98. The van der Waals surface area contributed by atoms with Crippen LogP contribution in [0.25, 0.3) is 0 Å². The Kier molecular flexibility index (Phi) is 7.73. The van der Waals surface area contributed by atoms with Crippen LogP contribution in [-0.4, -0.2) is 43.6 Å². The van der Waals surface area contributed by atoms with Crippen molar-refractivity contribution in [2.24, 2.45) is 11.8 Å². The first-order valence-electron chi connectivity index (χ1n) is 12.3. The average molecular weight is 461 g/mol. The molecule has 0 radical (unpaired) electrons. The summed E-state index contributed by atoms with van der Waals surface area (Å²) in [6.07, 6.45) is 3.60. The summed E-state index contributed by atoms with van der Waals surface area (Å²) in [6, 6.07) is 14.2. The largest absolute Gasteiger partial charge is 0.340 e. The Balaban J connectivity index is 1.43. The monoisotopic (exact) mass is 460 g/mol. The predicted molar refractivity (Wildman–Crippen MR) is 133 cm³/mol. The molecule has 0 aliphatic carbocycles. The van der Waals surface area contributed by atoms with Crippen LogP contribution in [0.5, 0.6) is 0 Å². The van der Waals surface area contributed by atoms with E-state index in [0.29, 0.717) is 11.6 Å². The molecule has 0 saturated heterocycles. The standard InChI is InChI=1S/C27H36N6O/c1-19(2)17-21-8-10-22(11-9-21)18-32-14-12-24-30-31-26(33(24)16-15-32)25(20(3)4)29-27(34)23-7-5-6-13-28-23/h5-11,13,19-20,25H,12,14-18H2,1-4H3,(H,29,34)/t25-/m1/s1. The lowest BCUT2D eigenvalue weighted by Gasteiger charge is -2.23. The lowest BCUT2D eigenvalue weighted by Crippen LogP contribution is -2.34. The van der Waals surface area contributed by atoms with Crippen molar-refractivity contribution in [1.82, 2.24) is 30.0 Å². The van der Waals surface area contributed by atoms with Crippen LogP contribution in [0, 0.1) is 11.8 Å². The van der Waals surface area contributed by atoms with Gasteiger partial charge >= 0.3 is 0 Å². The molecule has 1 amide bonds. The topological polar surface area (TPSA) is 75.9 Å². The zero-order valence-electron chi connectivity index (χ0n) is 20.7. The van der Waals surface area contributed by atoms with E-state index in [-0.39, 0.29) is 17.9 Å². The summed E-state index contributed by atoms with van der Waals surface area (Å²) in [5.41, 5.74) is 3.15. The van der Waals surface area contributed by atoms with Crippen LogP contribution >= 0.6 is 0 Å². The Morgan fingerprint density at radius 2 is 1.74 bits per heavy atom. The Morgan fingerprint density at radius 1 is 0.971 bits per heavy atom. The summed E-state index contributed by atoms with van der Waals surface area (Å²) in [4.78, 5) is 19.5. The van der Waals surface area contributed by atoms with Crippen molar-refractivity contribution in [2.45, 2.75) is 59.7 Å². The molecule has 7 heteroatoms. The van der Waals surface area contributed by atoms with Gasteiger partial charge < -0.3 is 9.88 Å². The average Bonchev–Trinajstić information content (AvgIpc) is 3.11. The van der Waals surface area contributed by atoms with Crippen molar-refractivity contribution in [3.63, 3.8) is 0 Å². The van der Waals surface area contributed by atoms with E-state index in [1.54, 1.807) is 18.3 Å². The molecule has 1 aromatic carbocycles. The van der Waals surface area contributed by atoms with Crippen LogP contribution in [-0.2, 0) is 25.9 Å². The van der Waals surface area contributed by atoms with Crippen molar-refractivity contribution in [2.75, 3.05) is 13.1 Å². The Labute approximate surface area is 202 Å². The van der Waals surface area contributed by atoms with Gasteiger partial charge in [0.05, 0.1) is 6.04 Å². The number of benzene rings is 1. The first-order valence-corrected chi connectivity index (χ1v) is 12.3. The Bertz CT molecular complexity index is 1070. The lowest BCUT2D eigenvalue weighted by atomic mass is 10.0. The molecule has 3 heterocycles. The molecule has 0 saturated carbocycles. The SMILES string of the molecule is CC(C)Cc1ccc(CN2CCc3nnc([C@H](NC(=O)c4ccccn4)C(C)C)n3CC2)cc1. The maximum Gasteiger partial charge on any atom is 0.270 e. The molecule has 180 valence electrons. The quantitative estimate of drug-likeness (QED) is 0.549. The van der Waals surface area contributed by atoms with Gasteiger partial charge in [-0.1, -0.05) is 58.0 Å². The molecule has 1 aliphatic heterocycles. The highest BCUT2D eigenvalue weighted by Crippen LogP contribution is 2.23. The van der Waals surface area contributed by atoms with Crippen molar-refractivity contribution in [3.8, 4) is 0 Å². The highest BCUT2D eigenvalue weighted by atomic mass is 16.2. The normalized spacial score (nSPS) is 15.2. The highest BCUT2D eigenvalue weighted by molar-refractivity contribution is 5.92. The van der Waals surface area contributed by atoms with Crippen LogP contribution in [0.4, 0.5) is 0 Å². The molecule has 1 atom stereocenters. The number of rotatable bonds is 8. The minimum absolute atomic E-state index is 0.171. The molecule has 1 aliphatic rings. The fourth-order valence-electron chi connectivity index (χ4n) is 4.53. The number of amides is 1. The molecule has 34 heavy (non-hydrogen) atoms. The number of carbonyl (C=O) groups is 1. The van der Waals surface area contributed by atoms with Gasteiger partial charge in [0.15, 0.2) is 5.82 Å². The molecule has 0 fully saturated rings. The number of aromatic nitrogens is 4. The predicted octanol–water partition coefficient (Wildman–Crippen LogP) is 4.06. The van der Waals surface area contributed by atoms with Crippen molar-refractivity contribution < 1.29 is 4.79 Å². The van der Waals surface area contributed by atoms with Gasteiger partial charge in [0.25, 0.3) is 5.91 Å². The van der Waals surface area contributed by atoms with E-state index in [9.17, 15) is 4.79 Å². The van der Waals surface area contributed by atoms with Gasteiger partial charge in [0.1, 0.15) is 11.5 Å². The van der Waals surface area contributed by atoms with Crippen LogP contribution in [0.3, 0.4) is 0 Å². The van der Waals surface area contributed by atoms with Gasteiger partial charge in [-0.2, -0.15) is 0 Å². The molecule has 0 bridgehead atoms. The van der Waals surface area contributed by atoms with E-state index in [2.05, 4.69) is 81.9 Å². The lowest BCUT2D eigenvalue weighted by molar-refractivity contribution is 0.0916. The van der Waals surface area contributed by atoms with E-state index in [0.717, 1.165) is 50.7 Å². The first kappa shape index (κ1) is 24.1. The van der Waals surface area contributed by atoms with Crippen molar-refractivity contribution >= 4 is 5.91 Å². The smallest absolute Gasteiger partial charge is 0.270 e. The number of fused-ring (bicyclic) bond motifs is 1. The third kappa shape index (κ3) is 5.89. The van der Waals surface area contributed by atoms with E-state index >= 15 is 0 Å². The molecule has 0 spiro atoms. The highest BCUT2D eigenvalue weighted by Gasteiger charge is 2.28. The maximum atomic E-state index is 12.8. The Hall–Kier alpha value is -3.06. The van der Waals surface area contributed by atoms with Crippen LogP contribution in [0.2, 0.25) is 0 Å². The van der Waals surface area contributed by atoms with Gasteiger partial charge in [-0.25, -0.2) is 0 Å². The summed E-state index contributed by atoms with van der Waals surface area (Å²) in [5, 5.41) is 12.1. The summed E-state index contributed by atoms with van der Waals surface area (Å²) >= 11 is 0. The second kappa shape index (κ2) is 10.9. The summed E-state index contributed by atoms with van der Waals surface area (Å²) < 4.78 is 2.20. The Morgan fingerprint density at radius 3 is 2.41 bits per heavy atom. The maximum absolute atomic E-state index is 12.8. The molecular weight excluding hydrogens is 424 g/mol. The number of hydrogen-bond acceptors (Lipinski definition) is 5. The molecule has 2 aromatic heterocycles. The number of nitrogens with zero attached hydrogens (tertiary/aromatic N) is 5. The number of pyridine rings is 1. The molecule has 0 unspecified atom stereocenters. The van der Waals surface area contributed by atoms with Gasteiger partial charge in [0.2, 0.25) is 0 Å². The van der Waals surface area contributed by atoms with Gasteiger partial charge in [-0.3, -0.25) is 14.7 Å². The fraction of sp³-hybridized carbons (Fsp3) is 0.481. The minimum atomic E-state index is -0.226. The fourth-order valence-corrected chi connectivity index (χ4v) is 4.53. The number of nitrogens with one attached hydrogen (secondary N) is 1. The molecule has 3 aromatic rings. The summed E-state index contributed by atoms with van der Waals surface area (Å²) in [6.45, 7) is 12.3. The van der Waals surface area contributed by atoms with Gasteiger partial charge in [0, 0.05) is 38.8 Å². The minimum Gasteiger partial charge on any atom is -0.340 e. The van der Waals surface area contributed by atoms with Crippen molar-refractivity contribution in [3.05, 3.63) is 77.1 Å². The number of carbonyl (C=O) groups excluding carboxylic acids is 1. The van der Waals surface area contributed by atoms with Crippen LogP contribution < -0.4 is 5.32 Å². The molecular formula is C27H36N6O. The van der Waals surface area contributed by atoms with Gasteiger partial charge in [-0.15, -0.1) is 10.2 Å². The molecule has 1 N–H and O–H groups in total. The van der Waals surface area contributed by atoms with Crippen molar-refractivity contribution in [1.29, 1.82) is 0 Å². The van der Waals surface area contributed by atoms with Crippen LogP contribution in [0.1, 0.15) is 67.0 Å². The summed E-state index contributed by atoms with van der Waals surface area (Å²) in [7, 11) is 0. The zero-order valence-corrected chi connectivity index (χ0v) is 20.7. The third-order valence-electron chi connectivity index (χ3n) is 6.35. The third-order valence-corrected chi connectivity index (χ3v) is 6.35. The molecule has 7 nitrogen and oxygen atoms in total. The van der Waals surface area contributed by atoms with Gasteiger partial charge in [-0.05, 0) is 41.5 Å². The van der Waals surface area contributed by atoms with Crippen LogP contribution in [0.15, 0.2) is 48.7 Å². The van der Waals surface area contributed by atoms with E-state index in [1.807, 2.05) is 6.07 Å². The van der Waals surface area contributed by atoms with E-state index in [4.69, 9.17) is 0 Å². The zero-order chi connectivity index (χ0) is 24.1.